The molecule has 1 heterocycles. The molecule has 0 saturated carbocycles. The van der Waals surface area contributed by atoms with Crippen LogP contribution in [-0.4, -0.2) is 45.1 Å². The van der Waals surface area contributed by atoms with Crippen LogP contribution >= 0.6 is 0 Å². The van der Waals surface area contributed by atoms with Crippen LogP contribution < -0.4 is 15.9 Å². The Morgan fingerprint density at radius 3 is 2.75 bits per heavy atom. The van der Waals surface area contributed by atoms with E-state index >= 15 is 0 Å². The van der Waals surface area contributed by atoms with Crippen molar-refractivity contribution in [3.05, 3.63) is 23.9 Å². The number of amides is 1. The van der Waals surface area contributed by atoms with E-state index < -0.39 is 13.0 Å². The molecule has 0 radical (unpaired) electrons. The van der Waals surface area contributed by atoms with Crippen molar-refractivity contribution in [2.75, 3.05) is 6.61 Å². The third-order valence-electron chi connectivity index (χ3n) is 2.59. The number of H-pyrrole nitrogens is 1. The third-order valence-corrected chi connectivity index (χ3v) is 2.59. The summed E-state index contributed by atoms with van der Waals surface area (Å²) in [5.41, 5.74) is 6.05. The van der Waals surface area contributed by atoms with E-state index in [1.165, 1.54) is 12.1 Å². The summed E-state index contributed by atoms with van der Waals surface area (Å²) in [4.78, 5) is 11.3. The lowest BCUT2D eigenvalue weighted by atomic mass is 9.79. The van der Waals surface area contributed by atoms with Crippen molar-refractivity contribution in [1.82, 2.24) is 15.4 Å². The van der Waals surface area contributed by atoms with Gasteiger partial charge in [0.15, 0.2) is 5.69 Å². The van der Waals surface area contributed by atoms with Gasteiger partial charge in [-0.1, -0.05) is 6.07 Å². The Kier molecular flexibility index (Phi) is 4.01. The van der Waals surface area contributed by atoms with Gasteiger partial charge in [-0.15, -0.1) is 0 Å². The zero-order chi connectivity index (χ0) is 14.7. The van der Waals surface area contributed by atoms with Crippen molar-refractivity contribution in [2.45, 2.75) is 6.92 Å². The number of aromatic nitrogens is 3. The predicted molar refractivity (Wildman–Crippen MR) is 71.3 cm³/mol. The molecule has 1 aromatic heterocycles. The largest absolute Gasteiger partial charge is 0.494 e. The number of hydrogen-bond acceptors (Lipinski definition) is 6. The number of nitrogens with one attached hydrogen (secondary N) is 1. The summed E-state index contributed by atoms with van der Waals surface area (Å²) in [7, 11) is -1.67. The second-order valence-electron chi connectivity index (χ2n) is 3.98. The Labute approximate surface area is 114 Å². The van der Waals surface area contributed by atoms with Crippen molar-refractivity contribution in [2.24, 2.45) is 5.73 Å². The number of nitrogens with zero attached hydrogens (tertiary/aromatic N) is 2. The Morgan fingerprint density at radius 1 is 1.40 bits per heavy atom. The fourth-order valence-electron chi connectivity index (χ4n) is 1.76. The van der Waals surface area contributed by atoms with Crippen LogP contribution in [0.3, 0.4) is 0 Å². The number of carbonyl (C=O) groups is 1. The molecule has 0 spiro atoms. The first-order valence-electron chi connectivity index (χ1n) is 5.87. The van der Waals surface area contributed by atoms with Crippen molar-refractivity contribution in [3.63, 3.8) is 0 Å². The molecule has 0 saturated heterocycles. The molecule has 9 heteroatoms. The van der Waals surface area contributed by atoms with Crippen LogP contribution in [0.2, 0.25) is 0 Å². The van der Waals surface area contributed by atoms with Crippen LogP contribution in [-0.2, 0) is 0 Å². The van der Waals surface area contributed by atoms with Crippen molar-refractivity contribution >= 4 is 18.5 Å². The lowest BCUT2D eigenvalue weighted by Gasteiger charge is -2.09. The second kappa shape index (κ2) is 5.72. The SMILES string of the molecule is CCOc1cc(B(O)O)cc(-c2n[nH]nc2C(N)=O)c1. The first-order chi connectivity index (χ1) is 9.52. The molecule has 1 aromatic carbocycles. The van der Waals surface area contributed by atoms with E-state index in [1.54, 1.807) is 13.0 Å². The monoisotopic (exact) mass is 276 g/mol. The van der Waals surface area contributed by atoms with Gasteiger partial charge in [0.2, 0.25) is 0 Å². The normalized spacial score (nSPS) is 10.3. The van der Waals surface area contributed by atoms with Gasteiger partial charge in [-0.3, -0.25) is 4.79 Å². The minimum Gasteiger partial charge on any atom is -0.494 e. The Bertz CT molecular complexity index is 629. The standard InChI is InChI=1S/C11H13BN4O4/c1-2-20-8-4-6(3-7(5-8)12(18)19)9-10(11(13)17)15-16-14-9/h3-5,18-19H,2H2,1H3,(H2,13,17)(H,14,15,16). The van der Waals surface area contributed by atoms with Crippen molar-refractivity contribution < 1.29 is 19.6 Å². The number of primary amides is 1. The van der Waals surface area contributed by atoms with Gasteiger partial charge in [0.25, 0.3) is 5.91 Å². The Morgan fingerprint density at radius 2 is 2.15 bits per heavy atom. The summed E-state index contributed by atoms with van der Waals surface area (Å²) < 4.78 is 5.34. The second-order valence-corrected chi connectivity index (χ2v) is 3.98. The van der Waals surface area contributed by atoms with E-state index in [0.29, 0.717) is 17.9 Å². The quantitative estimate of drug-likeness (QED) is 0.499. The summed E-state index contributed by atoms with van der Waals surface area (Å²) in [6.07, 6.45) is 0. The zero-order valence-electron chi connectivity index (χ0n) is 10.7. The molecule has 0 aliphatic heterocycles. The highest BCUT2D eigenvalue weighted by Crippen LogP contribution is 2.23. The first-order valence-corrected chi connectivity index (χ1v) is 5.87. The van der Waals surface area contributed by atoms with Crippen LogP contribution in [0.1, 0.15) is 17.4 Å². The summed E-state index contributed by atoms with van der Waals surface area (Å²) >= 11 is 0. The number of rotatable bonds is 5. The van der Waals surface area contributed by atoms with Crippen LogP contribution in [0, 0.1) is 0 Å². The van der Waals surface area contributed by atoms with E-state index in [-0.39, 0.29) is 16.9 Å². The number of hydrogen-bond donors (Lipinski definition) is 4. The van der Waals surface area contributed by atoms with Gasteiger partial charge in [-0.05, 0) is 24.5 Å². The maximum atomic E-state index is 11.3. The molecule has 0 unspecified atom stereocenters. The van der Waals surface area contributed by atoms with Gasteiger partial charge < -0.3 is 20.5 Å². The van der Waals surface area contributed by atoms with Gasteiger partial charge in [-0.25, -0.2) is 0 Å². The Balaban J connectivity index is 2.54. The van der Waals surface area contributed by atoms with E-state index in [0.717, 1.165) is 0 Å². The molecule has 2 rings (SSSR count). The van der Waals surface area contributed by atoms with Crippen molar-refractivity contribution in [1.29, 1.82) is 0 Å². The fourth-order valence-corrected chi connectivity index (χ4v) is 1.76. The van der Waals surface area contributed by atoms with E-state index in [2.05, 4.69) is 15.4 Å². The Hall–Kier alpha value is -2.39. The molecule has 8 nitrogen and oxygen atoms in total. The minimum atomic E-state index is -1.67. The van der Waals surface area contributed by atoms with Crippen LogP contribution in [0.15, 0.2) is 18.2 Å². The lowest BCUT2D eigenvalue weighted by Crippen LogP contribution is -2.30. The van der Waals surface area contributed by atoms with Crippen LogP contribution in [0.5, 0.6) is 5.75 Å². The van der Waals surface area contributed by atoms with Gasteiger partial charge in [0, 0.05) is 5.56 Å². The average Bonchev–Trinajstić information content (AvgIpc) is 2.88. The number of benzene rings is 1. The van der Waals surface area contributed by atoms with Gasteiger partial charge in [-0.2, -0.15) is 15.4 Å². The van der Waals surface area contributed by atoms with E-state index in [1.807, 2.05) is 0 Å². The van der Waals surface area contributed by atoms with Crippen LogP contribution in [0.25, 0.3) is 11.3 Å². The van der Waals surface area contributed by atoms with Crippen LogP contribution in [0.4, 0.5) is 0 Å². The topological polar surface area (TPSA) is 134 Å². The van der Waals surface area contributed by atoms with E-state index in [9.17, 15) is 14.8 Å². The maximum Gasteiger partial charge on any atom is 0.488 e. The first kappa shape index (κ1) is 14.0. The number of nitrogens with two attached hydrogens (primary N) is 1. The zero-order valence-corrected chi connectivity index (χ0v) is 10.7. The summed E-state index contributed by atoms with van der Waals surface area (Å²) in [5.74, 6) is -0.312. The molecule has 5 N–H and O–H groups in total. The molecule has 0 bridgehead atoms. The summed E-state index contributed by atoms with van der Waals surface area (Å²) in [5, 5.41) is 28.4. The van der Waals surface area contributed by atoms with Gasteiger partial charge in [0.1, 0.15) is 11.4 Å². The fraction of sp³-hybridized carbons (Fsp3) is 0.182. The molecule has 0 atom stereocenters. The number of carbonyl (C=O) groups excluding carboxylic acids is 1. The molecule has 20 heavy (non-hydrogen) atoms. The average molecular weight is 276 g/mol. The van der Waals surface area contributed by atoms with Gasteiger partial charge >= 0.3 is 7.12 Å². The molecule has 2 aromatic rings. The smallest absolute Gasteiger partial charge is 0.488 e. The molecular weight excluding hydrogens is 263 g/mol. The van der Waals surface area contributed by atoms with Gasteiger partial charge in [0.05, 0.1) is 6.61 Å². The predicted octanol–water partition coefficient (Wildman–Crippen LogP) is -1.35. The summed E-state index contributed by atoms with van der Waals surface area (Å²) in [6, 6.07) is 4.57. The highest BCUT2D eigenvalue weighted by atomic mass is 16.5. The molecule has 0 aliphatic carbocycles. The third kappa shape index (κ3) is 2.78. The molecule has 1 amide bonds. The molecule has 0 aliphatic rings. The van der Waals surface area contributed by atoms with Crippen molar-refractivity contribution in [3.8, 4) is 17.0 Å². The molecular formula is C11H13BN4O4. The van der Waals surface area contributed by atoms with E-state index in [4.69, 9.17) is 10.5 Å². The highest BCUT2D eigenvalue weighted by molar-refractivity contribution is 6.58. The molecule has 0 fully saturated rings. The minimum absolute atomic E-state index is 0.0305. The lowest BCUT2D eigenvalue weighted by molar-refractivity contribution is 0.0996. The summed E-state index contributed by atoms with van der Waals surface area (Å²) in [6.45, 7) is 2.21. The number of aromatic amines is 1. The highest BCUT2D eigenvalue weighted by Gasteiger charge is 2.19. The molecule has 104 valence electrons. The number of ether oxygens (including phenoxy) is 1. The maximum absolute atomic E-state index is 11.3.